The van der Waals surface area contributed by atoms with Crippen LogP contribution < -0.4 is 10.2 Å². The van der Waals surface area contributed by atoms with Crippen molar-refractivity contribution in [3.8, 4) is 0 Å². The summed E-state index contributed by atoms with van der Waals surface area (Å²) in [5.41, 5.74) is 2.45. The first-order valence-corrected chi connectivity index (χ1v) is 8.65. The predicted molar refractivity (Wildman–Crippen MR) is 106 cm³/mol. The number of nitrogens with one attached hydrogen (secondary N) is 1. The lowest BCUT2D eigenvalue weighted by molar-refractivity contribution is 0.101. The SMILES string of the molecule is CCN(c1ccccc1)c1cc(C(=O)Nc2ccc(C(C)=O)cc2)ncn1. The van der Waals surface area contributed by atoms with Gasteiger partial charge in [-0.05, 0) is 50.2 Å². The minimum absolute atomic E-state index is 0.0195. The fourth-order valence-electron chi connectivity index (χ4n) is 2.69. The van der Waals surface area contributed by atoms with Crippen molar-refractivity contribution >= 4 is 28.9 Å². The molecule has 3 aromatic rings. The normalized spacial score (nSPS) is 10.3. The zero-order valence-electron chi connectivity index (χ0n) is 15.2. The first-order valence-electron chi connectivity index (χ1n) is 8.65. The second-order valence-electron chi connectivity index (χ2n) is 5.93. The van der Waals surface area contributed by atoms with E-state index in [-0.39, 0.29) is 17.4 Å². The smallest absolute Gasteiger partial charge is 0.274 e. The van der Waals surface area contributed by atoms with Crippen LogP contribution in [0.5, 0.6) is 0 Å². The third-order valence-electron chi connectivity index (χ3n) is 4.10. The predicted octanol–water partition coefficient (Wildman–Crippen LogP) is 4.09. The number of nitrogens with zero attached hydrogens (tertiary/aromatic N) is 3. The average molecular weight is 360 g/mol. The number of aromatic nitrogens is 2. The minimum Gasteiger partial charge on any atom is -0.327 e. The molecule has 1 amide bonds. The molecule has 2 aromatic carbocycles. The molecular formula is C21H20N4O2. The molecule has 0 unspecified atom stereocenters. The molecule has 0 saturated carbocycles. The zero-order valence-corrected chi connectivity index (χ0v) is 15.2. The summed E-state index contributed by atoms with van der Waals surface area (Å²) in [6.45, 7) is 4.22. The Hall–Kier alpha value is -3.54. The van der Waals surface area contributed by atoms with E-state index in [2.05, 4.69) is 15.3 Å². The molecule has 0 atom stereocenters. The van der Waals surface area contributed by atoms with Crippen LogP contribution in [0.1, 0.15) is 34.7 Å². The van der Waals surface area contributed by atoms with Crippen molar-refractivity contribution in [3.63, 3.8) is 0 Å². The van der Waals surface area contributed by atoms with Crippen molar-refractivity contribution in [2.24, 2.45) is 0 Å². The first kappa shape index (κ1) is 18.3. The van der Waals surface area contributed by atoms with Gasteiger partial charge < -0.3 is 10.2 Å². The van der Waals surface area contributed by atoms with E-state index in [4.69, 9.17) is 0 Å². The van der Waals surface area contributed by atoms with E-state index < -0.39 is 0 Å². The number of benzene rings is 2. The molecule has 3 rings (SSSR count). The van der Waals surface area contributed by atoms with Gasteiger partial charge in [-0.25, -0.2) is 9.97 Å². The van der Waals surface area contributed by atoms with Crippen molar-refractivity contribution in [3.05, 3.63) is 78.2 Å². The number of ketones is 1. The summed E-state index contributed by atoms with van der Waals surface area (Å²) in [5.74, 6) is 0.294. The second-order valence-corrected chi connectivity index (χ2v) is 5.93. The highest BCUT2D eigenvalue weighted by Crippen LogP contribution is 2.23. The largest absolute Gasteiger partial charge is 0.327 e. The van der Waals surface area contributed by atoms with Gasteiger partial charge in [-0.15, -0.1) is 0 Å². The Bertz CT molecular complexity index is 940. The number of anilines is 3. The Balaban J connectivity index is 1.80. The highest BCUT2D eigenvalue weighted by molar-refractivity contribution is 6.03. The van der Waals surface area contributed by atoms with E-state index in [1.54, 1.807) is 30.3 Å². The molecular weight excluding hydrogens is 340 g/mol. The van der Waals surface area contributed by atoms with Crippen LogP contribution in [0.25, 0.3) is 0 Å². The summed E-state index contributed by atoms with van der Waals surface area (Å²) < 4.78 is 0. The standard InChI is InChI=1S/C21H20N4O2/c1-3-25(18-7-5-4-6-8-18)20-13-19(22-14-23-20)21(27)24-17-11-9-16(10-12-17)15(2)26/h4-14H,3H2,1-2H3,(H,24,27). The number of carbonyl (C=O) groups is 2. The van der Waals surface area contributed by atoms with Gasteiger partial charge in [0.1, 0.15) is 17.8 Å². The average Bonchev–Trinajstić information content (AvgIpc) is 2.70. The van der Waals surface area contributed by atoms with Crippen LogP contribution in [0.4, 0.5) is 17.2 Å². The molecule has 0 fully saturated rings. The van der Waals surface area contributed by atoms with Crippen LogP contribution in [0.2, 0.25) is 0 Å². The van der Waals surface area contributed by atoms with Crippen LogP contribution in [-0.2, 0) is 0 Å². The van der Waals surface area contributed by atoms with E-state index in [0.29, 0.717) is 23.6 Å². The number of amides is 1. The van der Waals surface area contributed by atoms with Crippen molar-refractivity contribution in [1.82, 2.24) is 9.97 Å². The maximum Gasteiger partial charge on any atom is 0.274 e. The molecule has 0 spiro atoms. The third-order valence-corrected chi connectivity index (χ3v) is 4.10. The number of rotatable bonds is 6. The van der Waals surface area contributed by atoms with E-state index in [1.807, 2.05) is 42.2 Å². The van der Waals surface area contributed by atoms with E-state index in [1.165, 1.54) is 13.3 Å². The molecule has 1 aromatic heterocycles. The Labute approximate surface area is 157 Å². The van der Waals surface area contributed by atoms with Crippen LogP contribution >= 0.6 is 0 Å². The number of para-hydroxylation sites is 1. The number of carbonyl (C=O) groups excluding carboxylic acids is 2. The molecule has 1 heterocycles. The highest BCUT2D eigenvalue weighted by Gasteiger charge is 2.14. The van der Waals surface area contributed by atoms with E-state index >= 15 is 0 Å². The molecule has 0 radical (unpaired) electrons. The molecule has 0 bridgehead atoms. The fraction of sp³-hybridized carbons (Fsp3) is 0.143. The molecule has 0 saturated heterocycles. The third kappa shape index (κ3) is 4.36. The van der Waals surface area contributed by atoms with Gasteiger partial charge in [0.15, 0.2) is 5.78 Å². The topological polar surface area (TPSA) is 75.2 Å². The lowest BCUT2D eigenvalue weighted by Gasteiger charge is -2.22. The minimum atomic E-state index is -0.335. The Morgan fingerprint density at radius 3 is 2.33 bits per heavy atom. The quantitative estimate of drug-likeness (QED) is 0.670. The maximum absolute atomic E-state index is 12.5. The molecule has 136 valence electrons. The first-order chi connectivity index (χ1) is 13.1. The van der Waals surface area contributed by atoms with Crippen molar-refractivity contribution in [2.75, 3.05) is 16.8 Å². The summed E-state index contributed by atoms with van der Waals surface area (Å²) in [6, 6.07) is 18.2. The van der Waals surface area contributed by atoms with Gasteiger partial charge in [-0.3, -0.25) is 9.59 Å². The highest BCUT2D eigenvalue weighted by atomic mass is 16.2. The van der Waals surface area contributed by atoms with Crippen LogP contribution in [-0.4, -0.2) is 28.2 Å². The summed E-state index contributed by atoms with van der Waals surface area (Å²) in [7, 11) is 0. The van der Waals surface area contributed by atoms with Crippen molar-refractivity contribution in [1.29, 1.82) is 0 Å². The molecule has 0 aliphatic heterocycles. The van der Waals surface area contributed by atoms with Gasteiger partial charge >= 0.3 is 0 Å². The fourth-order valence-corrected chi connectivity index (χ4v) is 2.69. The van der Waals surface area contributed by atoms with Crippen LogP contribution in [0.15, 0.2) is 67.0 Å². The molecule has 0 aliphatic carbocycles. The second kappa shape index (κ2) is 8.23. The molecule has 27 heavy (non-hydrogen) atoms. The van der Waals surface area contributed by atoms with Gasteiger partial charge in [-0.2, -0.15) is 0 Å². The van der Waals surface area contributed by atoms with Crippen molar-refractivity contribution < 1.29 is 9.59 Å². The van der Waals surface area contributed by atoms with Crippen molar-refractivity contribution in [2.45, 2.75) is 13.8 Å². The summed E-state index contributed by atoms with van der Waals surface area (Å²) >= 11 is 0. The number of Topliss-reactive ketones (excluding diaryl/α,β-unsaturated/α-hetero) is 1. The van der Waals surface area contributed by atoms with Gasteiger partial charge in [0.2, 0.25) is 0 Å². The van der Waals surface area contributed by atoms with Gasteiger partial charge in [0.25, 0.3) is 5.91 Å². The van der Waals surface area contributed by atoms with E-state index in [9.17, 15) is 9.59 Å². The summed E-state index contributed by atoms with van der Waals surface area (Å²) in [6.07, 6.45) is 1.38. The van der Waals surface area contributed by atoms with Gasteiger partial charge in [-0.1, -0.05) is 18.2 Å². The number of hydrogen-bond acceptors (Lipinski definition) is 5. The summed E-state index contributed by atoms with van der Waals surface area (Å²) in [4.78, 5) is 34.3. The van der Waals surface area contributed by atoms with Crippen LogP contribution in [0, 0.1) is 0 Å². The monoisotopic (exact) mass is 360 g/mol. The summed E-state index contributed by atoms with van der Waals surface area (Å²) in [5, 5.41) is 2.79. The Morgan fingerprint density at radius 2 is 1.70 bits per heavy atom. The van der Waals surface area contributed by atoms with Gasteiger partial charge in [0.05, 0.1) is 0 Å². The van der Waals surface area contributed by atoms with Crippen LogP contribution in [0.3, 0.4) is 0 Å². The molecule has 6 heteroatoms. The lowest BCUT2D eigenvalue weighted by Crippen LogP contribution is -2.20. The molecule has 1 N–H and O–H groups in total. The Kier molecular flexibility index (Phi) is 5.56. The molecule has 0 aliphatic rings. The lowest BCUT2D eigenvalue weighted by atomic mass is 10.1. The maximum atomic E-state index is 12.5. The van der Waals surface area contributed by atoms with E-state index in [0.717, 1.165) is 5.69 Å². The molecule has 6 nitrogen and oxygen atoms in total. The zero-order chi connectivity index (χ0) is 19.2. The Morgan fingerprint density at radius 1 is 1.00 bits per heavy atom. The number of hydrogen-bond donors (Lipinski definition) is 1. The van der Waals surface area contributed by atoms with Gasteiger partial charge in [0, 0.05) is 29.5 Å².